The summed E-state index contributed by atoms with van der Waals surface area (Å²) in [7, 11) is 2.87. The van der Waals surface area contributed by atoms with Crippen molar-refractivity contribution in [3.05, 3.63) is 58.6 Å². The largest absolute Gasteiger partial charge is 0.497 e. The number of esters is 1. The minimum atomic E-state index is -0.497. The van der Waals surface area contributed by atoms with Crippen molar-refractivity contribution in [2.75, 3.05) is 20.8 Å². The Kier molecular flexibility index (Phi) is 4.88. The Morgan fingerprint density at radius 2 is 1.77 bits per heavy atom. The van der Waals surface area contributed by atoms with Crippen LogP contribution in [0, 0.1) is 6.92 Å². The first kappa shape index (κ1) is 17.5. The minimum Gasteiger partial charge on any atom is -0.497 e. The van der Waals surface area contributed by atoms with E-state index >= 15 is 0 Å². The van der Waals surface area contributed by atoms with Gasteiger partial charge in [0.1, 0.15) is 17.3 Å². The number of aryl methyl sites for hydroxylation is 1. The number of hydrogen-bond donors (Lipinski definition) is 0. The molecule has 1 heterocycles. The van der Waals surface area contributed by atoms with Crippen molar-refractivity contribution in [1.29, 1.82) is 0 Å². The quantitative estimate of drug-likeness (QED) is 0.654. The number of methoxy groups -OCH3 is 2. The van der Waals surface area contributed by atoms with Crippen molar-refractivity contribution in [3.8, 4) is 17.2 Å². The van der Waals surface area contributed by atoms with Gasteiger partial charge in [-0.05, 0) is 49.4 Å². The third kappa shape index (κ3) is 3.37. The fourth-order valence-electron chi connectivity index (χ4n) is 2.60. The maximum absolute atomic E-state index is 13.0. The van der Waals surface area contributed by atoms with Gasteiger partial charge in [-0.25, -0.2) is 9.78 Å². The Morgan fingerprint density at radius 3 is 2.42 bits per heavy atom. The summed E-state index contributed by atoms with van der Waals surface area (Å²) in [6.45, 7) is 1.54. The van der Waals surface area contributed by atoms with Crippen LogP contribution in [0.1, 0.15) is 5.82 Å². The van der Waals surface area contributed by atoms with Crippen molar-refractivity contribution in [3.63, 3.8) is 0 Å². The lowest BCUT2D eigenvalue weighted by Gasteiger charge is -2.12. The highest BCUT2D eigenvalue weighted by Gasteiger charge is 2.12. The molecule has 0 radical (unpaired) electrons. The Balaban J connectivity index is 2.06. The van der Waals surface area contributed by atoms with Gasteiger partial charge < -0.3 is 14.2 Å². The number of rotatable bonds is 5. The lowest BCUT2D eigenvalue weighted by molar-refractivity contribution is -0.142. The summed E-state index contributed by atoms with van der Waals surface area (Å²) >= 11 is 0. The number of carbonyl (C=O) groups is 1. The molecule has 7 nitrogen and oxygen atoms in total. The zero-order valence-electron chi connectivity index (χ0n) is 14.7. The lowest BCUT2D eigenvalue weighted by atomic mass is 10.2. The van der Waals surface area contributed by atoms with Crippen LogP contribution < -0.4 is 15.0 Å². The molecular weight excluding hydrogens is 336 g/mol. The Hall–Kier alpha value is -3.35. The second-order valence-electron chi connectivity index (χ2n) is 5.54. The van der Waals surface area contributed by atoms with E-state index in [0.29, 0.717) is 33.9 Å². The Bertz CT molecular complexity index is 1010. The first-order chi connectivity index (χ1) is 12.5. The fourth-order valence-corrected chi connectivity index (χ4v) is 2.60. The molecule has 3 rings (SSSR count). The molecule has 0 atom stereocenters. The van der Waals surface area contributed by atoms with Gasteiger partial charge in [0.05, 0.1) is 30.8 Å². The molecular formula is C19H18N2O5. The van der Waals surface area contributed by atoms with Crippen LogP contribution in [0.4, 0.5) is 0 Å². The SMILES string of the molecule is COC(=O)COc1ccc2nc(C)n(-c3ccc(OC)cc3)c(=O)c2c1. The molecule has 7 heteroatoms. The van der Waals surface area contributed by atoms with E-state index in [9.17, 15) is 9.59 Å². The molecule has 0 bridgehead atoms. The van der Waals surface area contributed by atoms with E-state index in [2.05, 4.69) is 9.72 Å². The zero-order chi connectivity index (χ0) is 18.7. The second kappa shape index (κ2) is 7.26. The van der Waals surface area contributed by atoms with Crippen molar-refractivity contribution in [1.82, 2.24) is 9.55 Å². The average molecular weight is 354 g/mol. The van der Waals surface area contributed by atoms with Crippen LogP contribution in [0.5, 0.6) is 11.5 Å². The van der Waals surface area contributed by atoms with Gasteiger partial charge in [0.15, 0.2) is 6.61 Å². The third-order valence-electron chi connectivity index (χ3n) is 3.92. The van der Waals surface area contributed by atoms with E-state index in [1.54, 1.807) is 56.5 Å². The van der Waals surface area contributed by atoms with E-state index in [4.69, 9.17) is 9.47 Å². The molecule has 0 aliphatic carbocycles. The molecule has 0 amide bonds. The number of hydrogen-bond acceptors (Lipinski definition) is 6. The summed E-state index contributed by atoms with van der Waals surface area (Å²) in [5.74, 6) is 1.16. The van der Waals surface area contributed by atoms with Gasteiger partial charge in [-0.2, -0.15) is 0 Å². The standard InChI is InChI=1S/C19H18N2O5/c1-12-20-17-9-8-15(26-11-18(22)25-3)10-16(17)19(23)21(12)13-4-6-14(24-2)7-5-13/h4-10H,11H2,1-3H3. The van der Waals surface area contributed by atoms with Crippen molar-refractivity contribution in [2.24, 2.45) is 0 Å². The van der Waals surface area contributed by atoms with Crippen LogP contribution in [0.25, 0.3) is 16.6 Å². The molecule has 26 heavy (non-hydrogen) atoms. The summed E-state index contributed by atoms with van der Waals surface area (Å²) in [6.07, 6.45) is 0. The zero-order valence-corrected chi connectivity index (χ0v) is 14.7. The highest BCUT2D eigenvalue weighted by molar-refractivity contribution is 5.80. The monoisotopic (exact) mass is 354 g/mol. The normalized spacial score (nSPS) is 10.6. The van der Waals surface area contributed by atoms with Crippen LogP contribution in [-0.4, -0.2) is 36.3 Å². The van der Waals surface area contributed by atoms with Crippen molar-refractivity contribution >= 4 is 16.9 Å². The maximum atomic E-state index is 13.0. The number of ether oxygens (including phenoxy) is 3. The number of carbonyl (C=O) groups excluding carboxylic acids is 1. The lowest BCUT2D eigenvalue weighted by Crippen LogP contribution is -2.22. The molecule has 0 spiro atoms. The van der Waals surface area contributed by atoms with E-state index in [0.717, 1.165) is 0 Å². The summed E-state index contributed by atoms with van der Waals surface area (Å²) in [5.41, 5.74) is 1.02. The first-order valence-corrected chi connectivity index (χ1v) is 7.91. The predicted molar refractivity (Wildman–Crippen MR) is 96.1 cm³/mol. The second-order valence-corrected chi connectivity index (χ2v) is 5.54. The van der Waals surface area contributed by atoms with Gasteiger partial charge >= 0.3 is 5.97 Å². The van der Waals surface area contributed by atoms with Crippen LogP contribution >= 0.6 is 0 Å². The van der Waals surface area contributed by atoms with Crippen LogP contribution in [-0.2, 0) is 9.53 Å². The molecule has 0 saturated carbocycles. The molecule has 0 saturated heterocycles. The average Bonchev–Trinajstić information content (AvgIpc) is 2.66. The highest BCUT2D eigenvalue weighted by Crippen LogP contribution is 2.20. The van der Waals surface area contributed by atoms with E-state index in [1.807, 2.05) is 0 Å². The molecule has 0 N–H and O–H groups in total. The smallest absolute Gasteiger partial charge is 0.343 e. The van der Waals surface area contributed by atoms with Gasteiger partial charge in [-0.15, -0.1) is 0 Å². The first-order valence-electron chi connectivity index (χ1n) is 7.91. The summed E-state index contributed by atoms with van der Waals surface area (Å²) in [5, 5.41) is 0.397. The van der Waals surface area contributed by atoms with Gasteiger partial charge in [-0.1, -0.05) is 0 Å². The third-order valence-corrected chi connectivity index (χ3v) is 3.92. The van der Waals surface area contributed by atoms with Crippen LogP contribution in [0.2, 0.25) is 0 Å². The molecule has 1 aromatic heterocycles. The van der Waals surface area contributed by atoms with Crippen LogP contribution in [0.15, 0.2) is 47.3 Å². The molecule has 0 unspecified atom stereocenters. The van der Waals surface area contributed by atoms with E-state index in [1.165, 1.54) is 11.7 Å². The molecule has 0 fully saturated rings. The molecule has 3 aromatic rings. The molecule has 134 valence electrons. The fraction of sp³-hybridized carbons (Fsp3) is 0.211. The molecule has 0 aliphatic heterocycles. The maximum Gasteiger partial charge on any atom is 0.343 e. The summed E-state index contributed by atoms with van der Waals surface area (Å²) in [4.78, 5) is 28.7. The summed E-state index contributed by atoms with van der Waals surface area (Å²) < 4.78 is 16.6. The topological polar surface area (TPSA) is 79.7 Å². The minimum absolute atomic E-state index is 0.221. The highest BCUT2D eigenvalue weighted by atomic mass is 16.6. The van der Waals surface area contributed by atoms with E-state index in [-0.39, 0.29) is 12.2 Å². The van der Waals surface area contributed by atoms with Gasteiger partial charge in [0, 0.05) is 0 Å². The molecule has 2 aromatic carbocycles. The Morgan fingerprint density at radius 1 is 1.08 bits per heavy atom. The van der Waals surface area contributed by atoms with Crippen LogP contribution in [0.3, 0.4) is 0 Å². The van der Waals surface area contributed by atoms with Gasteiger partial charge in [-0.3, -0.25) is 9.36 Å². The Labute approximate surface area is 149 Å². The number of nitrogens with zero attached hydrogens (tertiary/aromatic N) is 2. The predicted octanol–water partition coefficient (Wildman–Crippen LogP) is 2.25. The van der Waals surface area contributed by atoms with Crippen molar-refractivity contribution < 1.29 is 19.0 Å². The number of benzene rings is 2. The number of fused-ring (bicyclic) bond motifs is 1. The van der Waals surface area contributed by atoms with Gasteiger partial charge in [0.25, 0.3) is 5.56 Å². The van der Waals surface area contributed by atoms with Gasteiger partial charge in [0.2, 0.25) is 0 Å². The number of aromatic nitrogens is 2. The molecule has 0 aliphatic rings. The van der Waals surface area contributed by atoms with Crippen molar-refractivity contribution in [2.45, 2.75) is 6.92 Å². The summed E-state index contributed by atoms with van der Waals surface area (Å²) in [6, 6.07) is 12.1. The van der Waals surface area contributed by atoms with E-state index < -0.39 is 5.97 Å².